The zero-order chi connectivity index (χ0) is 21.3. The molecule has 7 heteroatoms. The van der Waals surface area contributed by atoms with Gasteiger partial charge in [0.25, 0.3) is 0 Å². The van der Waals surface area contributed by atoms with Gasteiger partial charge in [0.15, 0.2) is 0 Å². The first kappa shape index (κ1) is 19.4. The Labute approximate surface area is 174 Å². The van der Waals surface area contributed by atoms with Gasteiger partial charge in [-0.15, -0.1) is 0 Å². The molecular weight excluding hydrogens is 378 g/mol. The Morgan fingerprint density at radius 1 is 1.13 bits per heavy atom. The van der Waals surface area contributed by atoms with Gasteiger partial charge in [0.2, 0.25) is 5.91 Å². The Kier molecular flexibility index (Phi) is 5.10. The lowest BCUT2D eigenvalue weighted by Gasteiger charge is -2.10. The van der Waals surface area contributed by atoms with Gasteiger partial charge in [-0.2, -0.15) is 0 Å². The SMILES string of the molecule is COc1ccc(CC(=O)Nc2ccc(-c3cn(C)c4ncnc(N)c34)c(C)c2)cc1. The first-order valence-electron chi connectivity index (χ1n) is 9.55. The number of aromatic nitrogens is 3. The summed E-state index contributed by atoms with van der Waals surface area (Å²) >= 11 is 0. The second-order valence-electron chi connectivity index (χ2n) is 7.21. The first-order valence-corrected chi connectivity index (χ1v) is 9.55. The Morgan fingerprint density at radius 2 is 1.90 bits per heavy atom. The minimum absolute atomic E-state index is 0.0740. The molecule has 3 N–H and O–H groups in total. The Morgan fingerprint density at radius 3 is 2.60 bits per heavy atom. The van der Waals surface area contributed by atoms with Crippen LogP contribution in [-0.4, -0.2) is 27.6 Å². The number of hydrogen-bond donors (Lipinski definition) is 2. The van der Waals surface area contributed by atoms with Crippen molar-refractivity contribution < 1.29 is 9.53 Å². The van der Waals surface area contributed by atoms with E-state index in [-0.39, 0.29) is 5.91 Å². The van der Waals surface area contributed by atoms with E-state index in [0.717, 1.165) is 44.7 Å². The highest BCUT2D eigenvalue weighted by Crippen LogP contribution is 2.34. The summed E-state index contributed by atoms with van der Waals surface area (Å²) in [4.78, 5) is 20.9. The molecule has 0 bridgehead atoms. The van der Waals surface area contributed by atoms with Crippen LogP contribution in [0.5, 0.6) is 5.75 Å². The zero-order valence-electron chi connectivity index (χ0n) is 17.1. The molecule has 30 heavy (non-hydrogen) atoms. The molecule has 7 nitrogen and oxygen atoms in total. The van der Waals surface area contributed by atoms with E-state index in [9.17, 15) is 4.79 Å². The minimum atomic E-state index is -0.0740. The van der Waals surface area contributed by atoms with Crippen LogP contribution in [0.25, 0.3) is 22.2 Å². The van der Waals surface area contributed by atoms with Gasteiger partial charge in [0.1, 0.15) is 23.5 Å². The average molecular weight is 401 g/mol. The predicted molar refractivity (Wildman–Crippen MR) is 118 cm³/mol. The molecule has 0 spiro atoms. The molecule has 0 fully saturated rings. The topological polar surface area (TPSA) is 95.1 Å². The first-order chi connectivity index (χ1) is 14.5. The van der Waals surface area contributed by atoms with Crippen LogP contribution >= 0.6 is 0 Å². The van der Waals surface area contributed by atoms with Crippen molar-refractivity contribution in [3.05, 3.63) is 66.1 Å². The van der Waals surface area contributed by atoms with Gasteiger partial charge in [-0.1, -0.05) is 18.2 Å². The summed E-state index contributed by atoms with van der Waals surface area (Å²) in [5.41, 5.74) is 11.6. The summed E-state index contributed by atoms with van der Waals surface area (Å²) < 4.78 is 7.09. The highest BCUT2D eigenvalue weighted by Gasteiger charge is 2.15. The molecule has 0 aliphatic carbocycles. The van der Waals surface area contributed by atoms with Crippen LogP contribution in [0.15, 0.2) is 55.0 Å². The maximum absolute atomic E-state index is 12.4. The van der Waals surface area contributed by atoms with Crippen LogP contribution in [-0.2, 0) is 18.3 Å². The third kappa shape index (κ3) is 3.69. The number of amides is 1. The molecule has 0 radical (unpaired) electrons. The number of fused-ring (bicyclic) bond motifs is 1. The molecule has 0 unspecified atom stereocenters. The van der Waals surface area contributed by atoms with Crippen molar-refractivity contribution in [2.75, 3.05) is 18.2 Å². The summed E-state index contributed by atoms with van der Waals surface area (Å²) in [7, 11) is 3.55. The van der Waals surface area contributed by atoms with E-state index in [2.05, 4.69) is 15.3 Å². The van der Waals surface area contributed by atoms with E-state index in [1.165, 1.54) is 6.33 Å². The number of nitrogen functional groups attached to an aromatic ring is 1. The summed E-state index contributed by atoms with van der Waals surface area (Å²) in [6, 6.07) is 13.3. The summed E-state index contributed by atoms with van der Waals surface area (Å²) in [5.74, 6) is 1.15. The largest absolute Gasteiger partial charge is 0.497 e. The van der Waals surface area contributed by atoms with Gasteiger partial charge in [-0.25, -0.2) is 9.97 Å². The van der Waals surface area contributed by atoms with E-state index in [0.29, 0.717) is 12.2 Å². The van der Waals surface area contributed by atoms with Crippen molar-refractivity contribution in [2.45, 2.75) is 13.3 Å². The molecule has 2 heterocycles. The molecule has 2 aromatic heterocycles. The van der Waals surface area contributed by atoms with Crippen LogP contribution < -0.4 is 15.8 Å². The number of nitrogens with one attached hydrogen (secondary N) is 1. The van der Waals surface area contributed by atoms with E-state index < -0.39 is 0 Å². The van der Waals surface area contributed by atoms with Gasteiger partial charge in [0.05, 0.1) is 18.9 Å². The Balaban J connectivity index is 1.56. The molecular formula is C23H23N5O2. The maximum atomic E-state index is 12.4. The molecule has 0 saturated heterocycles. The smallest absolute Gasteiger partial charge is 0.228 e. The standard InChI is InChI=1S/C23H23N5O2/c1-14-10-16(27-20(29)11-15-4-7-17(30-3)8-5-15)6-9-18(14)19-12-28(2)23-21(19)22(24)25-13-26-23/h4-10,12-13H,11H2,1-3H3,(H,27,29)(H2,24,25,26). The number of carbonyl (C=O) groups is 1. The third-order valence-corrected chi connectivity index (χ3v) is 5.11. The summed E-state index contributed by atoms with van der Waals surface area (Å²) in [6.45, 7) is 2.01. The molecule has 2 aromatic carbocycles. The van der Waals surface area contributed by atoms with Crippen LogP contribution in [0.4, 0.5) is 11.5 Å². The van der Waals surface area contributed by atoms with Crippen molar-refractivity contribution in [2.24, 2.45) is 7.05 Å². The quantitative estimate of drug-likeness (QED) is 0.531. The lowest BCUT2D eigenvalue weighted by Crippen LogP contribution is -2.14. The van der Waals surface area contributed by atoms with Crippen molar-refractivity contribution >= 4 is 28.4 Å². The highest BCUT2D eigenvalue weighted by molar-refractivity contribution is 6.01. The number of nitrogens with zero attached hydrogens (tertiary/aromatic N) is 3. The maximum Gasteiger partial charge on any atom is 0.228 e. The number of methoxy groups -OCH3 is 1. The molecule has 4 rings (SSSR count). The van der Waals surface area contributed by atoms with Crippen LogP contribution in [0, 0.1) is 6.92 Å². The summed E-state index contributed by atoms with van der Waals surface area (Å²) in [6.07, 6.45) is 3.76. The number of ether oxygens (including phenoxy) is 1. The van der Waals surface area contributed by atoms with Gasteiger partial charge in [-0.3, -0.25) is 4.79 Å². The minimum Gasteiger partial charge on any atom is -0.497 e. The number of aryl methyl sites for hydroxylation is 2. The molecule has 0 saturated carbocycles. The number of hydrogen-bond acceptors (Lipinski definition) is 5. The number of nitrogens with two attached hydrogens (primary N) is 1. The normalized spacial score (nSPS) is 10.9. The monoisotopic (exact) mass is 401 g/mol. The second kappa shape index (κ2) is 7.87. The van der Waals surface area contributed by atoms with Crippen molar-refractivity contribution in [1.29, 1.82) is 0 Å². The van der Waals surface area contributed by atoms with Crippen molar-refractivity contribution in [3.8, 4) is 16.9 Å². The third-order valence-electron chi connectivity index (χ3n) is 5.11. The Hall–Kier alpha value is -3.87. The zero-order valence-corrected chi connectivity index (χ0v) is 17.1. The van der Waals surface area contributed by atoms with E-state index in [1.807, 2.05) is 67.2 Å². The van der Waals surface area contributed by atoms with Gasteiger partial charge >= 0.3 is 0 Å². The van der Waals surface area contributed by atoms with E-state index in [4.69, 9.17) is 10.5 Å². The van der Waals surface area contributed by atoms with Crippen molar-refractivity contribution in [1.82, 2.24) is 14.5 Å². The van der Waals surface area contributed by atoms with E-state index in [1.54, 1.807) is 7.11 Å². The fourth-order valence-electron chi connectivity index (χ4n) is 3.62. The number of benzene rings is 2. The van der Waals surface area contributed by atoms with Crippen LogP contribution in [0.1, 0.15) is 11.1 Å². The fraction of sp³-hybridized carbons (Fsp3) is 0.174. The number of rotatable bonds is 5. The number of anilines is 2. The van der Waals surface area contributed by atoms with Gasteiger partial charge < -0.3 is 20.4 Å². The second-order valence-corrected chi connectivity index (χ2v) is 7.21. The van der Waals surface area contributed by atoms with Gasteiger partial charge in [0, 0.05) is 24.5 Å². The molecule has 0 aliphatic heterocycles. The van der Waals surface area contributed by atoms with Gasteiger partial charge in [-0.05, 0) is 47.9 Å². The molecule has 0 aliphatic rings. The lowest BCUT2D eigenvalue weighted by molar-refractivity contribution is -0.115. The van der Waals surface area contributed by atoms with Crippen LogP contribution in [0.2, 0.25) is 0 Å². The number of carbonyl (C=O) groups excluding carboxylic acids is 1. The summed E-state index contributed by atoms with van der Waals surface area (Å²) in [5, 5.41) is 3.80. The predicted octanol–water partition coefficient (Wildman–Crippen LogP) is 3.72. The average Bonchev–Trinajstić information content (AvgIpc) is 3.06. The molecule has 152 valence electrons. The van der Waals surface area contributed by atoms with Crippen LogP contribution in [0.3, 0.4) is 0 Å². The Bertz CT molecular complexity index is 1230. The van der Waals surface area contributed by atoms with E-state index >= 15 is 0 Å². The lowest BCUT2D eigenvalue weighted by atomic mass is 10.00. The fourth-order valence-corrected chi connectivity index (χ4v) is 3.62. The molecule has 1 amide bonds. The molecule has 0 atom stereocenters. The van der Waals surface area contributed by atoms with Crippen molar-refractivity contribution in [3.63, 3.8) is 0 Å². The molecule has 4 aromatic rings. The highest BCUT2D eigenvalue weighted by atomic mass is 16.5.